The first kappa shape index (κ1) is 12.3. The molecule has 2 atom stereocenters. The lowest BCUT2D eigenvalue weighted by molar-refractivity contribution is 0.391. The maximum Gasteiger partial charge on any atom is 0.0991 e. The van der Waals surface area contributed by atoms with E-state index in [2.05, 4.69) is 37.0 Å². The van der Waals surface area contributed by atoms with E-state index in [0.29, 0.717) is 12.0 Å². The van der Waals surface area contributed by atoms with Crippen LogP contribution in [0.1, 0.15) is 36.1 Å². The highest BCUT2D eigenvalue weighted by molar-refractivity contribution is 5.87. The zero-order valence-electron chi connectivity index (χ0n) is 11.7. The molecule has 0 unspecified atom stereocenters. The second kappa shape index (κ2) is 4.40. The number of nitrogens with one attached hydrogen (secondary N) is 1. The van der Waals surface area contributed by atoms with Crippen LogP contribution in [0.25, 0.3) is 10.9 Å². The lowest BCUT2D eigenvalue weighted by Gasteiger charge is -2.09. The summed E-state index contributed by atoms with van der Waals surface area (Å²) in [4.78, 5) is 5.82. The average Bonchev–Trinajstić information content (AvgIpc) is 3.12. The number of nitrogens with zero attached hydrogens (tertiary/aromatic N) is 2. The maximum absolute atomic E-state index is 9.08. The Labute approximate surface area is 113 Å². The highest BCUT2D eigenvalue weighted by Gasteiger charge is 2.42. The van der Waals surface area contributed by atoms with Gasteiger partial charge < -0.3 is 9.88 Å². The molecule has 3 rings (SSSR count). The largest absolute Gasteiger partial charge is 0.358 e. The Hall–Kier alpha value is -1.79. The monoisotopic (exact) mass is 253 g/mol. The number of rotatable bonds is 3. The number of hydrogen-bond acceptors (Lipinski definition) is 2. The van der Waals surface area contributed by atoms with Crippen LogP contribution >= 0.6 is 0 Å². The molecule has 1 N–H and O–H groups in total. The van der Waals surface area contributed by atoms with Crippen LogP contribution in [0.2, 0.25) is 0 Å². The van der Waals surface area contributed by atoms with Crippen LogP contribution in [0.15, 0.2) is 18.2 Å². The predicted octanol–water partition coefficient (Wildman–Crippen LogP) is 3.02. The van der Waals surface area contributed by atoms with Crippen molar-refractivity contribution in [2.24, 2.45) is 0 Å². The van der Waals surface area contributed by atoms with Crippen LogP contribution in [-0.4, -0.2) is 30.0 Å². The quantitative estimate of drug-likeness (QED) is 0.913. The van der Waals surface area contributed by atoms with E-state index >= 15 is 0 Å². The Morgan fingerprint density at radius 3 is 2.79 bits per heavy atom. The fourth-order valence-corrected chi connectivity index (χ4v) is 3.10. The number of H-pyrrole nitrogens is 1. The van der Waals surface area contributed by atoms with E-state index in [-0.39, 0.29) is 0 Å². The Morgan fingerprint density at radius 1 is 1.42 bits per heavy atom. The number of fused-ring (bicyclic) bond motifs is 1. The first-order valence-corrected chi connectivity index (χ1v) is 6.86. The molecule has 1 aromatic heterocycles. The van der Waals surface area contributed by atoms with E-state index in [1.165, 1.54) is 23.1 Å². The van der Waals surface area contributed by atoms with Crippen molar-refractivity contribution in [2.75, 3.05) is 14.1 Å². The van der Waals surface area contributed by atoms with Crippen LogP contribution < -0.4 is 0 Å². The van der Waals surface area contributed by atoms with Crippen molar-refractivity contribution in [1.29, 1.82) is 5.26 Å². The Morgan fingerprint density at radius 2 is 2.21 bits per heavy atom. The SMILES string of the molecule is CCc1[nH]c2ccc(C#N)cc2c1[C@@H]1C[C@@H]1N(C)C. The minimum absolute atomic E-state index is 0.618. The summed E-state index contributed by atoms with van der Waals surface area (Å²) < 4.78 is 0. The smallest absolute Gasteiger partial charge is 0.0991 e. The zero-order valence-corrected chi connectivity index (χ0v) is 11.7. The van der Waals surface area contributed by atoms with Crippen LogP contribution in [0.3, 0.4) is 0 Å². The molecule has 1 saturated carbocycles. The summed E-state index contributed by atoms with van der Waals surface area (Å²) in [7, 11) is 4.29. The molecule has 1 aromatic carbocycles. The summed E-state index contributed by atoms with van der Waals surface area (Å²) in [6.45, 7) is 2.19. The normalized spacial score (nSPS) is 21.8. The standard InChI is InChI=1S/C16H19N3/c1-4-13-16(12-8-15(12)19(2)3)11-7-10(9-17)5-6-14(11)18-13/h5-7,12,15,18H,4,8H2,1-3H3/t12-,15+/m1/s1. The molecule has 98 valence electrons. The summed E-state index contributed by atoms with van der Waals surface area (Å²) in [5.41, 5.74) is 4.68. The molecule has 0 bridgehead atoms. The van der Waals surface area contributed by atoms with Gasteiger partial charge in [-0.25, -0.2) is 0 Å². The van der Waals surface area contributed by atoms with Gasteiger partial charge in [-0.3, -0.25) is 0 Å². The average molecular weight is 253 g/mol. The molecule has 19 heavy (non-hydrogen) atoms. The van der Waals surface area contributed by atoms with E-state index in [1.807, 2.05) is 18.2 Å². The van der Waals surface area contributed by atoms with Crippen molar-refractivity contribution in [3.63, 3.8) is 0 Å². The lowest BCUT2D eigenvalue weighted by atomic mass is 10.0. The summed E-state index contributed by atoms with van der Waals surface area (Å²) in [5.74, 6) is 0.618. The molecule has 0 spiro atoms. The molecule has 1 aliphatic carbocycles. The molecule has 0 saturated heterocycles. The maximum atomic E-state index is 9.08. The number of nitriles is 1. The number of aromatic amines is 1. The zero-order chi connectivity index (χ0) is 13.6. The number of hydrogen-bond donors (Lipinski definition) is 1. The fourth-order valence-electron chi connectivity index (χ4n) is 3.10. The van der Waals surface area contributed by atoms with Crippen molar-refractivity contribution in [3.8, 4) is 6.07 Å². The Kier molecular flexibility index (Phi) is 2.83. The van der Waals surface area contributed by atoms with Gasteiger partial charge in [0, 0.05) is 28.6 Å². The predicted molar refractivity (Wildman–Crippen MR) is 77.2 cm³/mol. The van der Waals surface area contributed by atoms with Crippen LogP contribution in [0.4, 0.5) is 0 Å². The van der Waals surface area contributed by atoms with Gasteiger partial charge in [0.2, 0.25) is 0 Å². The first-order valence-electron chi connectivity index (χ1n) is 6.86. The van der Waals surface area contributed by atoms with Crippen molar-refractivity contribution in [3.05, 3.63) is 35.0 Å². The Balaban J connectivity index is 2.13. The molecule has 3 nitrogen and oxygen atoms in total. The van der Waals surface area contributed by atoms with Crippen LogP contribution in [-0.2, 0) is 6.42 Å². The fraction of sp³-hybridized carbons (Fsp3) is 0.438. The van der Waals surface area contributed by atoms with Gasteiger partial charge in [0.25, 0.3) is 0 Å². The third-order valence-electron chi connectivity index (χ3n) is 4.19. The van der Waals surface area contributed by atoms with Crippen LogP contribution in [0.5, 0.6) is 0 Å². The van der Waals surface area contributed by atoms with E-state index in [4.69, 9.17) is 5.26 Å². The summed E-state index contributed by atoms with van der Waals surface area (Å²) in [5, 5.41) is 10.3. The van der Waals surface area contributed by atoms with E-state index < -0.39 is 0 Å². The van der Waals surface area contributed by atoms with Gasteiger partial charge in [-0.15, -0.1) is 0 Å². The highest BCUT2D eigenvalue weighted by Crippen LogP contribution is 2.47. The summed E-state index contributed by atoms with van der Waals surface area (Å²) in [6.07, 6.45) is 2.24. The van der Waals surface area contributed by atoms with Gasteiger partial charge in [0.1, 0.15) is 0 Å². The molecule has 1 aliphatic rings. The molecule has 0 amide bonds. The number of likely N-dealkylation sites (N-methyl/N-ethyl adjacent to an activating group) is 1. The molecule has 2 aromatic rings. The van der Waals surface area contributed by atoms with Gasteiger partial charge in [-0.2, -0.15) is 5.26 Å². The van der Waals surface area contributed by atoms with Gasteiger partial charge >= 0.3 is 0 Å². The van der Waals surface area contributed by atoms with Gasteiger partial charge in [-0.05, 0) is 50.7 Å². The van der Waals surface area contributed by atoms with Crippen LogP contribution in [0, 0.1) is 11.3 Å². The lowest BCUT2D eigenvalue weighted by Crippen LogP contribution is -2.15. The van der Waals surface area contributed by atoms with Crippen molar-refractivity contribution < 1.29 is 0 Å². The molecule has 0 aliphatic heterocycles. The minimum atomic E-state index is 0.618. The van der Waals surface area contributed by atoms with E-state index in [9.17, 15) is 0 Å². The molecule has 3 heteroatoms. The van der Waals surface area contributed by atoms with Gasteiger partial charge in [-0.1, -0.05) is 6.92 Å². The van der Waals surface area contributed by atoms with E-state index in [1.54, 1.807) is 0 Å². The Bertz CT molecular complexity index is 660. The number of aromatic nitrogens is 1. The second-order valence-corrected chi connectivity index (χ2v) is 5.62. The van der Waals surface area contributed by atoms with Crippen molar-refractivity contribution in [1.82, 2.24) is 9.88 Å². The number of aryl methyl sites for hydroxylation is 1. The second-order valence-electron chi connectivity index (χ2n) is 5.62. The summed E-state index contributed by atoms with van der Waals surface area (Å²) in [6, 6.07) is 8.84. The third-order valence-corrected chi connectivity index (χ3v) is 4.19. The number of benzene rings is 1. The minimum Gasteiger partial charge on any atom is -0.358 e. The molecule has 0 radical (unpaired) electrons. The molecule has 1 heterocycles. The van der Waals surface area contributed by atoms with Gasteiger partial charge in [0.05, 0.1) is 11.6 Å². The summed E-state index contributed by atoms with van der Waals surface area (Å²) >= 11 is 0. The molecule has 1 fully saturated rings. The van der Waals surface area contributed by atoms with Crippen molar-refractivity contribution in [2.45, 2.75) is 31.7 Å². The van der Waals surface area contributed by atoms with Gasteiger partial charge in [0.15, 0.2) is 0 Å². The highest BCUT2D eigenvalue weighted by atomic mass is 15.1. The topological polar surface area (TPSA) is 42.8 Å². The third kappa shape index (κ3) is 1.93. The van der Waals surface area contributed by atoms with E-state index in [0.717, 1.165) is 17.5 Å². The molecular weight excluding hydrogens is 234 g/mol. The molecular formula is C16H19N3. The van der Waals surface area contributed by atoms with Crippen molar-refractivity contribution >= 4 is 10.9 Å². The first-order chi connectivity index (χ1) is 9.15.